The lowest BCUT2D eigenvalue weighted by atomic mass is 9.99. The number of carboxylic acid groups (broad SMARTS) is 1. The molecule has 0 bridgehead atoms. The second-order valence-electron chi connectivity index (χ2n) is 4.16. The summed E-state index contributed by atoms with van der Waals surface area (Å²) in [5.41, 5.74) is 15.3. The van der Waals surface area contributed by atoms with Crippen molar-refractivity contribution >= 4 is 23.0 Å². The monoisotopic (exact) mass is 257 g/mol. The van der Waals surface area contributed by atoms with Crippen molar-refractivity contribution in [3.05, 3.63) is 42.0 Å². The Morgan fingerprint density at radius 1 is 1.11 bits per heavy atom. The van der Waals surface area contributed by atoms with Crippen LogP contribution in [0.25, 0.3) is 11.1 Å². The van der Waals surface area contributed by atoms with Crippen LogP contribution in [0.3, 0.4) is 0 Å². The fourth-order valence-corrected chi connectivity index (χ4v) is 1.93. The first-order valence-electron chi connectivity index (χ1n) is 5.73. The molecule has 0 aromatic heterocycles. The molecule has 0 saturated carbocycles. The Morgan fingerprint density at radius 2 is 1.84 bits per heavy atom. The van der Waals surface area contributed by atoms with E-state index in [2.05, 4.69) is 5.32 Å². The highest BCUT2D eigenvalue weighted by molar-refractivity contribution is 5.94. The van der Waals surface area contributed by atoms with Gasteiger partial charge in [0, 0.05) is 35.2 Å². The summed E-state index contributed by atoms with van der Waals surface area (Å²) in [5, 5.41) is 12.1. The van der Waals surface area contributed by atoms with E-state index >= 15 is 0 Å². The first kappa shape index (κ1) is 12.8. The molecule has 0 amide bonds. The van der Waals surface area contributed by atoms with Gasteiger partial charge in [-0.3, -0.25) is 0 Å². The minimum absolute atomic E-state index is 0.189. The van der Waals surface area contributed by atoms with Crippen molar-refractivity contribution in [1.29, 1.82) is 0 Å². The smallest absolute Gasteiger partial charge is 0.335 e. The van der Waals surface area contributed by atoms with Crippen molar-refractivity contribution in [2.75, 3.05) is 23.8 Å². The fourth-order valence-electron chi connectivity index (χ4n) is 1.93. The van der Waals surface area contributed by atoms with E-state index in [0.717, 1.165) is 11.3 Å². The van der Waals surface area contributed by atoms with Gasteiger partial charge in [0.25, 0.3) is 0 Å². The summed E-state index contributed by atoms with van der Waals surface area (Å²) in [6.07, 6.45) is 0. The van der Waals surface area contributed by atoms with E-state index in [4.69, 9.17) is 16.6 Å². The molecule has 19 heavy (non-hydrogen) atoms. The van der Waals surface area contributed by atoms with Gasteiger partial charge in [-0.2, -0.15) is 0 Å². The Kier molecular flexibility index (Phi) is 3.29. The second-order valence-corrected chi connectivity index (χ2v) is 4.16. The number of anilines is 3. The molecule has 0 radical (unpaired) electrons. The van der Waals surface area contributed by atoms with Crippen LogP contribution >= 0.6 is 0 Å². The van der Waals surface area contributed by atoms with Gasteiger partial charge in [-0.15, -0.1) is 0 Å². The number of benzene rings is 2. The number of aromatic carboxylic acids is 1. The normalized spacial score (nSPS) is 10.2. The molecule has 5 heteroatoms. The van der Waals surface area contributed by atoms with Gasteiger partial charge in [0.2, 0.25) is 0 Å². The third-order valence-corrected chi connectivity index (χ3v) is 2.90. The van der Waals surface area contributed by atoms with E-state index in [0.29, 0.717) is 16.9 Å². The maximum Gasteiger partial charge on any atom is 0.335 e. The van der Waals surface area contributed by atoms with Crippen molar-refractivity contribution in [2.45, 2.75) is 0 Å². The molecule has 98 valence electrons. The molecule has 0 aliphatic carbocycles. The van der Waals surface area contributed by atoms with Crippen molar-refractivity contribution in [3.63, 3.8) is 0 Å². The molecule has 0 heterocycles. The molecule has 2 aromatic carbocycles. The average Bonchev–Trinajstić information content (AvgIpc) is 2.39. The van der Waals surface area contributed by atoms with Crippen molar-refractivity contribution in [3.8, 4) is 11.1 Å². The van der Waals surface area contributed by atoms with E-state index in [1.54, 1.807) is 31.3 Å². The van der Waals surface area contributed by atoms with E-state index < -0.39 is 5.97 Å². The summed E-state index contributed by atoms with van der Waals surface area (Å²) in [4.78, 5) is 11.0. The zero-order chi connectivity index (χ0) is 14.0. The molecule has 2 aromatic rings. The van der Waals surface area contributed by atoms with Crippen molar-refractivity contribution < 1.29 is 9.90 Å². The Bertz CT molecular complexity index is 639. The molecular weight excluding hydrogens is 242 g/mol. The van der Waals surface area contributed by atoms with Crippen LogP contribution < -0.4 is 16.8 Å². The summed E-state index contributed by atoms with van der Waals surface area (Å²) in [6.45, 7) is 0. The number of rotatable bonds is 3. The van der Waals surface area contributed by atoms with Crippen LogP contribution in [-0.4, -0.2) is 18.1 Å². The summed E-state index contributed by atoms with van der Waals surface area (Å²) >= 11 is 0. The Balaban J connectivity index is 2.67. The van der Waals surface area contributed by atoms with Crippen LogP contribution in [0.1, 0.15) is 10.4 Å². The van der Waals surface area contributed by atoms with E-state index in [1.807, 2.05) is 6.07 Å². The third-order valence-electron chi connectivity index (χ3n) is 2.90. The van der Waals surface area contributed by atoms with Crippen LogP contribution in [0, 0.1) is 0 Å². The molecule has 5 nitrogen and oxygen atoms in total. The molecule has 0 fully saturated rings. The minimum atomic E-state index is -0.990. The lowest BCUT2D eigenvalue weighted by Crippen LogP contribution is -2.01. The van der Waals surface area contributed by atoms with Gasteiger partial charge >= 0.3 is 5.97 Å². The molecule has 0 aliphatic heterocycles. The number of carbonyl (C=O) groups is 1. The summed E-state index contributed by atoms with van der Waals surface area (Å²) in [6, 6.07) is 9.98. The van der Waals surface area contributed by atoms with Crippen LogP contribution in [-0.2, 0) is 0 Å². The fraction of sp³-hybridized carbons (Fsp3) is 0.0714. The van der Waals surface area contributed by atoms with E-state index in [-0.39, 0.29) is 5.56 Å². The zero-order valence-corrected chi connectivity index (χ0v) is 10.5. The second kappa shape index (κ2) is 4.89. The summed E-state index contributed by atoms with van der Waals surface area (Å²) < 4.78 is 0. The Hall–Kier alpha value is -2.69. The average molecular weight is 257 g/mol. The first-order chi connectivity index (χ1) is 9.02. The molecule has 2 rings (SSSR count). The van der Waals surface area contributed by atoms with Crippen LogP contribution in [0.2, 0.25) is 0 Å². The van der Waals surface area contributed by atoms with Crippen LogP contribution in [0.15, 0.2) is 36.4 Å². The standard InChI is InChI=1S/C14H15N3O2/c1-17-13-5-3-9(15)7-11(13)10-6-8(14(18)19)2-4-12(10)16/h2-7,17H,15-16H2,1H3,(H,18,19). The maximum atomic E-state index is 11.0. The predicted octanol–water partition coefficient (Wildman–Crippen LogP) is 2.26. The molecule has 0 spiro atoms. The van der Waals surface area contributed by atoms with Gasteiger partial charge in [0.05, 0.1) is 5.56 Å². The lowest BCUT2D eigenvalue weighted by molar-refractivity contribution is 0.0697. The predicted molar refractivity (Wildman–Crippen MR) is 77.2 cm³/mol. The third kappa shape index (κ3) is 2.44. The van der Waals surface area contributed by atoms with Gasteiger partial charge in [-0.05, 0) is 36.4 Å². The van der Waals surface area contributed by atoms with Crippen LogP contribution in [0.4, 0.5) is 17.1 Å². The number of nitrogens with one attached hydrogen (secondary N) is 1. The van der Waals surface area contributed by atoms with Gasteiger partial charge in [-0.1, -0.05) is 0 Å². The quantitative estimate of drug-likeness (QED) is 0.632. The highest BCUT2D eigenvalue weighted by atomic mass is 16.4. The largest absolute Gasteiger partial charge is 0.478 e. The number of carboxylic acids is 1. The Labute approximate surface area is 110 Å². The number of nitrogens with two attached hydrogens (primary N) is 2. The summed E-state index contributed by atoms with van der Waals surface area (Å²) in [5.74, 6) is -0.990. The minimum Gasteiger partial charge on any atom is -0.478 e. The van der Waals surface area contributed by atoms with Crippen molar-refractivity contribution in [2.24, 2.45) is 0 Å². The lowest BCUT2D eigenvalue weighted by Gasteiger charge is -2.13. The Morgan fingerprint density at radius 3 is 2.47 bits per heavy atom. The van der Waals surface area contributed by atoms with E-state index in [1.165, 1.54) is 6.07 Å². The SMILES string of the molecule is CNc1ccc(N)cc1-c1cc(C(=O)O)ccc1N. The van der Waals surface area contributed by atoms with E-state index in [9.17, 15) is 4.79 Å². The molecule has 0 unspecified atom stereocenters. The maximum absolute atomic E-state index is 11.0. The molecule has 0 saturated heterocycles. The highest BCUT2D eigenvalue weighted by Gasteiger charge is 2.11. The summed E-state index contributed by atoms with van der Waals surface area (Å²) in [7, 11) is 1.78. The number of hydrogen-bond acceptors (Lipinski definition) is 4. The zero-order valence-electron chi connectivity index (χ0n) is 10.5. The highest BCUT2D eigenvalue weighted by Crippen LogP contribution is 2.34. The van der Waals surface area contributed by atoms with Gasteiger partial charge in [-0.25, -0.2) is 4.79 Å². The number of nitrogen functional groups attached to an aromatic ring is 2. The molecular formula is C14H15N3O2. The number of hydrogen-bond donors (Lipinski definition) is 4. The van der Waals surface area contributed by atoms with Gasteiger partial charge < -0.3 is 21.9 Å². The van der Waals surface area contributed by atoms with Crippen LogP contribution in [0.5, 0.6) is 0 Å². The van der Waals surface area contributed by atoms with Gasteiger partial charge in [0.1, 0.15) is 0 Å². The topological polar surface area (TPSA) is 101 Å². The molecule has 6 N–H and O–H groups in total. The molecule has 0 aliphatic rings. The van der Waals surface area contributed by atoms with Crippen molar-refractivity contribution in [1.82, 2.24) is 0 Å². The van der Waals surface area contributed by atoms with Gasteiger partial charge in [0.15, 0.2) is 0 Å². The first-order valence-corrected chi connectivity index (χ1v) is 5.73. The molecule has 0 atom stereocenters.